The minimum atomic E-state index is 0. The second kappa shape index (κ2) is 41.3. The summed E-state index contributed by atoms with van der Waals surface area (Å²) in [5.41, 5.74) is 11.7. The zero-order valence-corrected chi connectivity index (χ0v) is 52.3. The third-order valence-electron chi connectivity index (χ3n) is 13.0. The van der Waals surface area contributed by atoms with Crippen LogP contribution >= 0.6 is 0 Å². The van der Waals surface area contributed by atoms with Gasteiger partial charge in [0.15, 0.2) is 0 Å². The Labute approximate surface area is 513 Å². The molecule has 4 aromatic carbocycles. The van der Waals surface area contributed by atoms with Gasteiger partial charge < -0.3 is 48.5 Å². The van der Waals surface area contributed by atoms with Crippen LogP contribution in [-0.4, -0.2) is 106 Å². The molecular formula is C64H92FeKN2O8-. The van der Waals surface area contributed by atoms with Gasteiger partial charge >= 0.3 is 51.4 Å². The van der Waals surface area contributed by atoms with Crippen molar-refractivity contribution in [1.82, 2.24) is 0 Å². The number of nitrogens with zero attached hydrogens (tertiary/aromatic N) is 2. The van der Waals surface area contributed by atoms with Crippen molar-refractivity contribution < 1.29 is 106 Å². The van der Waals surface area contributed by atoms with Crippen LogP contribution in [0.15, 0.2) is 72.8 Å². The van der Waals surface area contributed by atoms with Crippen molar-refractivity contribution in [3.63, 3.8) is 0 Å². The van der Waals surface area contributed by atoms with E-state index in [4.69, 9.17) is 48.5 Å². The smallest absolute Gasteiger partial charge is 0.658 e. The molecule has 0 spiro atoms. The Balaban J connectivity index is 0.000000326. The fourth-order valence-electron chi connectivity index (χ4n) is 8.92. The summed E-state index contributed by atoms with van der Waals surface area (Å²) in [5, 5.41) is 13.6. The van der Waals surface area contributed by atoms with Gasteiger partial charge in [-0.15, -0.1) is 22.8 Å². The largest absolute Gasteiger partial charge is 1.00 e. The van der Waals surface area contributed by atoms with Gasteiger partial charge in [0.1, 0.15) is 0 Å². The second-order valence-electron chi connectivity index (χ2n) is 20.2. The van der Waals surface area contributed by atoms with Crippen molar-refractivity contribution in [2.75, 3.05) is 106 Å². The molecule has 9 rings (SSSR count). The normalized spacial score (nSPS) is 17.9. The maximum Gasteiger partial charge on any atom is 1.00 e. The molecule has 3 saturated heterocycles. The predicted molar refractivity (Wildman–Crippen MR) is 307 cm³/mol. The Morgan fingerprint density at radius 2 is 0.566 bits per heavy atom. The Bertz CT molecular complexity index is 1890. The first kappa shape index (κ1) is 68.6. The maximum absolute atomic E-state index is 5.55. The number of benzene rings is 4. The molecule has 0 unspecified atom stereocenters. The average Bonchev–Trinajstić information content (AvgIpc) is 4.22. The molecule has 416 valence electrons. The standard InChI is InChI=1S/C36H40N2.C12H24O6.C8H12.2C4H8O.Fe.K/c1-21(2)26-15-11-16-27(22(3)4)33(26)37-35-30-19-9-13-25-14-10-20-31(32(25)30)36(35)38-34-28(23(5)6)17-12-18-29(34)24(7)8;1-2-14-5-6-16-9-10-18-12-11-17-8-7-15-4-3-13-1;1-2-4-6-8-7-5-3-1;2*1-2-4-5-3-1;;/h9-24H,1-8H3;1-12H2;1-2,7-8H,3-6H2;2*1-4H2;;/q-2;;;;;;+1. The SMILES string of the molecule is C1CCOC1.C1CCOC1.C1COCCOCCOCCOCCOCCO1.CC(C)c1cccc(C(C)C)c1[N-]C1=C([N-]c2c(C(C)C)cccc2C(C)C)c2cccc3cccc1c23.[CH]1[CH]CC[CH][CH]CC1.[Fe].[K+]. The van der Waals surface area contributed by atoms with E-state index in [0.29, 0.717) is 103 Å². The Hall–Kier alpha value is -1.68. The molecule has 0 aromatic heterocycles. The second-order valence-corrected chi connectivity index (χ2v) is 20.2. The summed E-state index contributed by atoms with van der Waals surface area (Å²) < 4.78 is 41.9. The van der Waals surface area contributed by atoms with Gasteiger partial charge in [0.25, 0.3) is 0 Å². The third-order valence-corrected chi connectivity index (χ3v) is 13.0. The van der Waals surface area contributed by atoms with Crippen LogP contribution in [0.1, 0.15) is 164 Å². The van der Waals surface area contributed by atoms with Gasteiger partial charge in [-0.05, 0) is 123 Å². The number of hydrogen-bond acceptors (Lipinski definition) is 8. The molecule has 0 amide bonds. The monoisotopic (exact) mass is 1110 g/mol. The van der Waals surface area contributed by atoms with E-state index in [2.05, 4.69) is 154 Å². The van der Waals surface area contributed by atoms with Crippen LogP contribution in [0, 0.1) is 25.7 Å². The summed E-state index contributed by atoms with van der Waals surface area (Å²) in [6, 6.07) is 26.5. The summed E-state index contributed by atoms with van der Waals surface area (Å²) >= 11 is 0. The zero-order chi connectivity index (χ0) is 52.6. The topological polar surface area (TPSA) is 102 Å². The van der Waals surface area contributed by atoms with Crippen molar-refractivity contribution in [3.05, 3.63) is 142 Å². The maximum atomic E-state index is 5.55. The van der Waals surface area contributed by atoms with E-state index in [0.717, 1.165) is 49.2 Å². The molecule has 0 bridgehead atoms. The molecule has 3 aliphatic heterocycles. The summed E-state index contributed by atoms with van der Waals surface area (Å²) in [6.45, 7) is 29.1. The van der Waals surface area contributed by atoms with E-state index in [1.165, 1.54) is 95.5 Å². The van der Waals surface area contributed by atoms with Gasteiger partial charge in [-0.3, -0.25) is 0 Å². The minimum Gasteiger partial charge on any atom is -0.658 e. The van der Waals surface area contributed by atoms with Crippen molar-refractivity contribution in [2.45, 2.75) is 130 Å². The average molecular weight is 1110 g/mol. The van der Waals surface area contributed by atoms with Crippen molar-refractivity contribution in [1.29, 1.82) is 0 Å². The van der Waals surface area contributed by atoms with Gasteiger partial charge in [0.05, 0.1) is 79.3 Å². The first-order valence-electron chi connectivity index (χ1n) is 28.1. The molecule has 5 aliphatic rings. The third kappa shape index (κ3) is 24.6. The van der Waals surface area contributed by atoms with Gasteiger partial charge in [-0.1, -0.05) is 150 Å². The van der Waals surface area contributed by atoms with Crippen molar-refractivity contribution >= 4 is 33.5 Å². The van der Waals surface area contributed by atoms with Gasteiger partial charge in [-0.2, -0.15) is 0 Å². The number of para-hydroxylation sites is 2. The zero-order valence-electron chi connectivity index (χ0n) is 48.0. The summed E-state index contributed by atoms with van der Waals surface area (Å²) in [5.74, 6) is 1.51. The molecule has 0 atom stereocenters. The van der Waals surface area contributed by atoms with Gasteiger partial charge in [0, 0.05) is 43.5 Å². The van der Waals surface area contributed by atoms with E-state index >= 15 is 0 Å². The number of ether oxygens (including phenoxy) is 8. The first-order chi connectivity index (χ1) is 36.2. The number of rotatable bonds is 8. The van der Waals surface area contributed by atoms with Gasteiger partial charge in [-0.25, -0.2) is 0 Å². The van der Waals surface area contributed by atoms with Crippen LogP contribution in [0.4, 0.5) is 11.4 Å². The Kier molecular flexibility index (Phi) is 37.3. The molecule has 0 N–H and O–H groups in total. The molecule has 76 heavy (non-hydrogen) atoms. The Morgan fingerprint density at radius 1 is 0.329 bits per heavy atom. The van der Waals surface area contributed by atoms with E-state index in [1.54, 1.807) is 0 Å². The molecule has 1 saturated carbocycles. The van der Waals surface area contributed by atoms with Crippen molar-refractivity contribution in [3.8, 4) is 0 Å². The quantitative estimate of drug-likeness (QED) is 0.161. The molecule has 4 fully saturated rings. The first-order valence-corrected chi connectivity index (χ1v) is 28.1. The Morgan fingerprint density at radius 3 is 0.789 bits per heavy atom. The van der Waals surface area contributed by atoms with E-state index in [9.17, 15) is 0 Å². The molecular weight excluding hydrogens is 1020 g/mol. The molecule has 12 heteroatoms. The summed E-state index contributed by atoms with van der Waals surface area (Å²) in [4.78, 5) is 0. The minimum absolute atomic E-state index is 0. The fraction of sp³-hybridized carbons (Fsp3) is 0.562. The summed E-state index contributed by atoms with van der Waals surface area (Å²) in [7, 11) is 0. The molecule has 10 nitrogen and oxygen atoms in total. The van der Waals surface area contributed by atoms with Crippen LogP contribution in [0.25, 0.3) is 32.8 Å². The molecule has 4 radical (unpaired) electrons. The van der Waals surface area contributed by atoms with Gasteiger partial charge in [0.2, 0.25) is 0 Å². The van der Waals surface area contributed by atoms with Crippen molar-refractivity contribution in [2.24, 2.45) is 0 Å². The molecule has 3 heterocycles. The molecule has 4 aromatic rings. The van der Waals surface area contributed by atoms with Crippen LogP contribution in [-0.2, 0) is 55.0 Å². The van der Waals surface area contributed by atoms with Crippen LogP contribution in [0.5, 0.6) is 0 Å². The van der Waals surface area contributed by atoms with Crippen LogP contribution < -0.4 is 51.4 Å². The fourth-order valence-corrected chi connectivity index (χ4v) is 8.92. The molecule has 2 aliphatic carbocycles. The summed E-state index contributed by atoms with van der Waals surface area (Å²) in [6.07, 6.45) is 19.1. The number of hydrogen-bond donors (Lipinski definition) is 0. The van der Waals surface area contributed by atoms with Crippen LogP contribution in [0.3, 0.4) is 0 Å². The van der Waals surface area contributed by atoms with E-state index < -0.39 is 0 Å². The predicted octanol–water partition coefficient (Wildman–Crippen LogP) is 13.0. The van der Waals surface area contributed by atoms with E-state index in [-0.39, 0.29) is 68.5 Å². The van der Waals surface area contributed by atoms with E-state index in [1.807, 2.05) is 0 Å². The van der Waals surface area contributed by atoms with Crippen LogP contribution in [0.2, 0.25) is 0 Å².